The van der Waals surface area contributed by atoms with Crippen molar-refractivity contribution in [1.82, 2.24) is 10.6 Å². The van der Waals surface area contributed by atoms with Crippen LogP contribution in [-0.4, -0.2) is 24.6 Å². The molecule has 0 aliphatic rings. The first-order valence-electron chi connectivity index (χ1n) is 6.70. The molecule has 0 saturated heterocycles. The van der Waals surface area contributed by atoms with Gasteiger partial charge in [-0.1, -0.05) is 6.92 Å². The number of carbonyl (C=O) groups excluding carboxylic acids is 2. The molecule has 0 aliphatic heterocycles. The van der Waals surface area contributed by atoms with E-state index in [1.807, 2.05) is 12.2 Å². The van der Waals surface area contributed by atoms with Gasteiger partial charge in [0.1, 0.15) is 11.6 Å². The molecule has 0 saturated carbocycles. The van der Waals surface area contributed by atoms with E-state index in [1.54, 1.807) is 0 Å². The number of benzene rings is 1. The van der Waals surface area contributed by atoms with Crippen LogP contribution in [0.3, 0.4) is 0 Å². The SMILES string of the molecule is CCCNCc1cc(F)ccc1OC(C)C(=O)NC(N)=O. The Morgan fingerprint density at radius 1 is 1.43 bits per heavy atom. The van der Waals surface area contributed by atoms with Crippen molar-refractivity contribution in [3.8, 4) is 5.75 Å². The molecule has 0 aromatic heterocycles. The highest BCUT2D eigenvalue weighted by Crippen LogP contribution is 2.21. The zero-order valence-electron chi connectivity index (χ0n) is 12.1. The molecule has 0 spiro atoms. The topological polar surface area (TPSA) is 93.4 Å². The van der Waals surface area contributed by atoms with E-state index < -0.39 is 18.0 Å². The number of carbonyl (C=O) groups is 2. The Bertz CT molecular complexity index is 508. The van der Waals surface area contributed by atoms with Crippen LogP contribution in [0, 0.1) is 5.82 Å². The van der Waals surface area contributed by atoms with Gasteiger partial charge >= 0.3 is 6.03 Å². The second-order valence-corrected chi connectivity index (χ2v) is 4.54. The summed E-state index contributed by atoms with van der Waals surface area (Å²) in [6.45, 7) is 4.70. The van der Waals surface area contributed by atoms with Gasteiger partial charge in [-0.05, 0) is 38.1 Å². The highest BCUT2D eigenvalue weighted by molar-refractivity contribution is 5.95. The van der Waals surface area contributed by atoms with Gasteiger partial charge < -0.3 is 15.8 Å². The maximum atomic E-state index is 13.3. The monoisotopic (exact) mass is 297 g/mol. The Labute approximate surface area is 122 Å². The molecule has 21 heavy (non-hydrogen) atoms. The number of halogens is 1. The summed E-state index contributed by atoms with van der Waals surface area (Å²) in [7, 11) is 0. The van der Waals surface area contributed by atoms with Gasteiger partial charge in [0.2, 0.25) is 0 Å². The fraction of sp³-hybridized carbons (Fsp3) is 0.429. The lowest BCUT2D eigenvalue weighted by Gasteiger charge is -2.17. The molecule has 0 heterocycles. The molecular weight excluding hydrogens is 277 g/mol. The number of hydrogen-bond donors (Lipinski definition) is 3. The summed E-state index contributed by atoms with van der Waals surface area (Å²) in [4.78, 5) is 22.2. The molecule has 7 heteroatoms. The second kappa shape index (κ2) is 8.21. The van der Waals surface area contributed by atoms with E-state index in [2.05, 4.69) is 5.32 Å². The predicted molar refractivity (Wildman–Crippen MR) is 76.2 cm³/mol. The lowest BCUT2D eigenvalue weighted by molar-refractivity contribution is -0.126. The van der Waals surface area contributed by atoms with E-state index in [-0.39, 0.29) is 5.82 Å². The second-order valence-electron chi connectivity index (χ2n) is 4.54. The number of nitrogens with two attached hydrogens (primary N) is 1. The summed E-state index contributed by atoms with van der Waals surface area (Å²) < 4.78 is 18.8. The van der Waals surface area contributed by atoms with Gasteiger partial charge in [-0.25, -0.2) is 9.18 Å². The molecule has 1 atom stereocenters. The number of urea groups is 1. The number of imide groups is 1. The molecule has 0 aliphatic carbocycles. The van der Waals surface area contributed by atoms with Gasteiger partial charge in [-0.3, -0.25) is 10.1 Å². The Balaban J connectivity index is 2.76. The van der Waals surface area contributed by atoms with Gasteiger partial charge in [0, 0.05) is 12.1 Å². The van der Waals surface area contributed by atoms with Gasteiger partial charge in [0.15, 0.2) is 6.10 Å². The van der Waals surface area contributed by atoms with E-state index in [9.17, 15) is 14.0 Å². The van der Waals surface area contributed by atoms with Crippen molar-refractivity contribution < 1.29 is 18.7 Å². The molecule has 4 N–H and O–H groups in total. The lowest BCUT2D eigenvalue weighted by Crippen LogP contribution is -2.42. The zero-order valence-corrected chi connectivity index (χ0v) is 12.1. The first kappa shape index (κ1) is 16.9. The van der Waals surface area contributed by atoms with Crippen LogP contribution in [0.4, 0.5) is 9.18 Å². The zero-order chi connectivity index (χ0) is 15.8. The molecule has 0 bridgehead atoms. The molecular formula is C14H20FN3O3. The summed E-state index contributed by atoms with van der Waals surface area (Å²) in [5.41, 5.74) is 5.47. The van der Waals surface area contributed by atoms with Crippen molar-refractivity contribution in [2.75, 3.05) is 6.54 Å². The predicted octanol–water partition coefficient (Wildman–Crippen LogP) is 1.29. The molecule has 1 aromatic rings. The number of ether oxygens (including phenoxy) is 1. The highest BCUT2D eigenvalue weighted by atomic mass is 19.1. The molecule has 1 rings (SSSR count). The van der Waals surface area contributed by atoms with Crippen molar-refractivity contribution in [3.05, 3.63) is 29.6 Å². The summed E-state index contributed by atoms with van der Waals surface area (Å²) in [5.74, 6) is -0.656. The van der Waals surface area contributed by atoms with Crippen LogP contribution in [0.2, 0.25) is 0 Å². The average molecular weight is 297 g/mol. The lowest BCUT2D eigenvalue weighted by atomic mass is 10.2. The number of nitrogens with one attached hydrogen (secondary N) is 2. The van der Waals surface area contributed by atoms with E-state index >= 15 is 0 Å². The van der Waals surface area contributed by atoms with Crippen molar-refractivity contribution in [2.45, 2.75) is 32.9 Å². The smallest absolute Gasteiger partial charge is 0.318 e. The van der Waals surface area contributed by atoms with Crippen LogP contribution in [-0.2, 0) is 11.3 Å². The van der Waals surface area contributed by atoms with Crippen LogP contribution < -0.4 is 21.1 Å². The van der Waals surface area contributed by atoms with Crippen molar-refractivity contribution in [2.24, 2.45) is 5.73 Å². The number of hydrogen-bond acceptors (Lipinski definition) is 4. The minimum atomic E-state index is -0.945. The number of amides is 3. The number of primary amides is 1. The van der Waals surface area contributed by atoms with Crippen molar-refractivity contribution in [1.29, 1.82) is 0 Å². The summed E-state index contributed by atoms with van der Waals surface area (Å²) in [6, 6.07) is 3.10. The van der Waals surface area contributed by atoms with Crippen LogP contribution in [0.15, 0.2) is 18.2 Å². The molecule has 1 aromatic carbocycles. The summed E-state index contributed by atoms with van der Waals surface area (Å²) >= 11 is 0. The van der Waals surface area contributed by atoms with Gasteiger partial charge in [-0.15, -0.1) is 0 Å². The number of rotatable bonds is 7. The molecule has 0 radical (unpaired) electrons. The quantitative estimate of drug-likeness (QED) is 0.661. The minimum Gasteiger partial charge on any atom is -0.481 e. The van der Waals surface area contributed by atoms with E-state index in [1.165, 1.54) is 25.1 Å². The van der Waals surface area contributed by atoms with Gasteiger partial charge in [0.25, 0.3) is 5.91 Å². The maximum Gasteiger partial charge on any atom is 0.318 e. The Morgan fingerprint density at radius 3 is 2.76 bits per heavy atom. The average Bonchev–Trinajstić information content (AvgIpc) is 2.41. The van der Waals surface area contributed by atoms with Crippen LogP contribution in [0.25, 0.3) is 0 Å². The third-order valence-electron chi connectivity index (χ3n) is 2.68. The third-order valence-corrected chi connectivity index (χ3v) is 2.68. The molecule has 0 fully saturated rings. The molecule has 6 nitrogen and oxygen atoms in total. The third kappa shape index (κ3) is 5.78. The standard InChI is InChI=1S/C14H20FN3O3/c1-3-6-17-8-10-7-11(15)4-5-12(10)21-9(2)13(19)18-14(16)20/h4-5,7,9,17H,3,6,8H2,1-2H3,(H3,16,18,19,20). The molecule has 116 valence electrons. The Hall–Kier alpha value is -2.15. The fourth-order valence-corrected chi connectivity index (χ4v) is 1.67. The van der Waals surface area contributed by atoms with E-state index in [0.717, 1.165) is 13.0 Å². The van der Waals surface area contributed by atoms with Crippen molar-refractivity contribution in [3.63, 3.8) is 0 Å². The Morgan fingerprint density at radius 2 is 2.14 bits per heavy atom. The van der Waals surface area contributed by atoms with E-state index in [0.29, 0.717) is 17.9 Å². The molecule has 1 unspecified atom stereocenters. The highest BCUT2D eigenvalue weighted by Gasteiger charge is 2.17. The largest absolute Gasteiger partial charge is 0.481 e. The Kier molecular flexibility index (Phi) is 6.61. The van der Waals surface area contributed by atoms with Crippen LogP contribution >= 0.6 is 0 Å². The summed E-state index contributed by atoms with van der Waals surface area (Å²) in [6.07, 6.45) is 0.0241. The fourth-order valence-electron chi connectivity index (χ4n) is 1.67. The van der Waals surface area contributed by atoms with E-state index in [4.69, 9.17) is 10.5 Å². The van der Waals surface area contributed by atoms with Gasteiger partial charge in [0.05, 0.1) is 0 Å². The summed E-state index contributed by atoms with van der Waals surface area (Å²) in [5, 5.41) is 5.06. The first-order chi connectivity index (χ1) is 9.93. The maximum absolute atomic E-state index is 13.3. The van der Waals surface area contributed by atoms with Crippen molar-refractivity contribution >= 4 is 11.9 Å². The van der Waals surface area contributed by atoms with Crippen LogP contribution in [0.5, 0.6) is 5.75 Å². The first-order valence-corrected chi connectivity index (χ1v) is 6.70. The van der Waals surface area contributed by atoms with Crippen LogP contribution in [0.1, 0.15) is 25.8 Å². The minimum absolute atomic E-state index is 0.382. The molecule has 3 amide bonds. The van der Waals surface area contributed by atoms with Gasteiger partial charge in [-0.2, -0.15) is 0 Å². The normalized spacial score (nSPS) is 11.8.